The standard InChI is InChI=1S/C28H39N3O3.C28H37N3O3/c2*1-4-6-7-8-9-10-11-12-13-14-21-16-17-22(30-21)19-24-27(34-5-2)25(28(32)33)26(31-24)23-18-15-20(3)29-23/h15-19,29,31H,4-14H2,1-3H3,(H,32,33);4,15-19,29,31H,1,5-14H2,2-3H3,(H,32,33). The van der Waals surface area contributed by atoms with Gasteiger partial charge >= 0.3 is 11.9 Å². The van der Waals surface area contributed by atoms with E-state index in [0.717, 1.165) is 72.0 Å². The van der Waals surface area contributed by atoms with Crippen molar-refractivity contribution in [2.75, 3.05) is 13.2 Å². The topological polar surface area (TPSA) is 181 Å². The predicted molar refractivity (Wildman–Crippen MR) is 280 cm³/mol. The first-order chi connectivity index (χ1) is 33.1. The summed E-state index contributed by atoms with van der Waals surface area (Å²) in [5.41, 5.74) is 9.62. The van der Waals surface area contributed by atoms with Gasteiger partial charge in [0.05, 0.1) is 58.8 Å². The number of carbonyl (C=O) groups is 2. The summed E-state index contributed by atoms with van der Waals surface area (Å²) in [6.07, 6.45) is 37.4. The van der Waals surface area contributed by atoms with Crippen molar-refractivity contribution in [3.63, 3.8) is 0 Å². The van der Waals surface area contributed by atoms with Crippen LogP contribution in [0, 0.1) is 13.8 Å². The van der Waals surface area contributed by atoms with Crippen molar-refractivity contribution in [3.8, 4) is 34.3 Å². The molecule has 0 radical (unpaired) electrons. The van der Waals surface area contributed by atoms with Crippen LogP contribution < -0.4 is 9.47 Å². The Bertz CT molecular complexity index is 2450. The molecule has 68 heavy (non-hydrogen) atoms. The van der Waals surface area contributed by atoms with Crippen molar-refractivity contribution in [3.05, 3.63) is 107 Å². The van der Waals surface area contributed by atoms with Crippen LogP contribution >= 0.6 is 0 Å². The molecule has 0 fully saturated rings. The zero-order valence-electron chi connectivity index (χ0n) is 41.3. The number of aromatic carboxylic acids is 2. The normalized spacial score (nSPS) is 14.1. The number of aliphatic imine (C=N–C) groups is 2. The fraction of sp³-hybridized carbons (Fsp3) is 0.464. The molecule has 0 bridgehead atoms. The number of H-pyrrole nitrogens is 4. The molecule has 0 saturated heterocycles. The smallest absolute Gasteiger partial charge is 0.341 e. The maximum atomic E-state index is 12.1. The molecule has 0 aliphatic carbocycles. The first kappa shape index (κ1) is 52.7. The van der Waals surface area contributed by atoms with Gasteiger partial charge in [-0.1, -0.05) is 96.5 Å². The summed E-state index contributed by atoms with van der Waals surface area (Å²) < 4.78 is 11.5. The van der Waals surface area contributed by atoms with Gasteiger partial charge in [-0.25, -0.2) is 9.59 Å². The minimum absolute atomic E-state index is 0.131. The van der Waals surface area contributed by atoms with Crippen molar-refractivity contribution in [1.29, 1.82) is 0 Å². The number of nitrogens with one attached hydrogen (secondary N) is 4. The second-order valence-corrected chi connectivity index (χ2v) is 17.7. The number of allylic oxidation sites excluding steroid dienone is 5. The zero-order chi connectivity index (χ0) is 48.7. The number of hydrogen-bond acceptors (Lipinski definition) is 6. The Morgan fingerprint density at radius 1 is 0.559 bits per heavy atom. The molecule has 2 aliphatic heterocycles. The van der Waals surface area contributed by atoms with Gasteiger partial charge in [-0.15, -0.1) is 6.58 Å². The van der Waals surface area contributed by atoms with Crippen molar-refractivity contribution >= 4 is 35.5 Å². The quantitative estimate of drug-likeness (QED) is 0.0224. The Morgan fingerprint density at radius 2 is 0.956 bits per heavy atom. The van der Waals surface area contributed by atoms with E-state index in [9.17, 15) is 19.8 Å². The lowest BCUT2D eigenvalue weighted by atomic mass is 10.1. The molecular weight excluding hydrogens is 853 g/mol. The summed E-state index contributed by atoms with van der Waals surface area (Å²) in [6, 6.07) is 7.58. The van der Waals surface area contributed by atoms with E-state index in [1.54, 1.807) is 0 Å². The number of hydrogen-bond donors (Lipinski definition) is 6. The highest BCUT2D eigenvalue weighted by molar-refractivity contribution is 6.02. The zero-order valence-corrected chi connectivity index (χ0v) is 41.3. The van der Waals surface area contributed by atoms with Crippen LogP contribution in [0.15, 0.2) is 82.6 Å². The van der Waals surface area contributed by atoms with Crippen molar-refractivity contribution in [2.45, 2.75) is 157 Å². The lowest BCUT2D eigenvalue weighted by Gasteiger charge is -2.04. The van der Waals surface area contributed by atoms with Crippen LogP contribution in [0.5, 0.6) is 11.5 Å². The highest BCUT2D eigenvalue weighted by atomic mass is 16.5. The molecule has 6 rings (SSSR count). The highest BCUT2D eigenvalue weighted by Gasteiger charge is 2.27. The Morgan fingerprint density at radius 3 is 1.31 bits per heavy atom. The van der Waals surface area contributed by atoms with Gasteiger partial charge in [0.1, 0.15) is 11.1 Å². The Hall–Kier alpha value is -6.30. The van der Waals surface area contributed by atoms with Gasteiger partial charge in [0.2, 0.25) is 0 Å². The van der Waals surface area contributed by atoms with E-state index in [2.05, 4.69) is 45.6 Å². The Balaban J connectivity index is 0.000000254. The number of nitrogens with zero attached hydrogens (tertiary/aromatic N) is 2. The third-order valence-corrected chi connectivity index (χ3v) is 12.1. The first-order valence-corrected chi connectivity index (χ1v) is 25.2. The maximum Gasteiger partial charge on any atom is 0.341 e. The second kappa shape index (κ2) is 28.1. The maximum absolute atomic E-state index is 12.1. The van der Waals surface area contributed by atoms with Crippen LogP contribution in [0.1, 0.15) is 186 Å². The number of carboxylic acid groups (broad SMARTS) is 2. The van der Waals surface area contributed by atoms with Crippen molar-refractivity contribution in [2.24, 2.45) is 9.98 Å². The summed E-state index contributed by atoms with van der Waals surface area (Å²) in [7, 11) is 0. The van der Waals surface area contributed by atoms with E-state index >= 15 is 0 Å². The number of carboxylic acids is 2. The van der Waals surface area contributed by atoms with E-state index in [4.69, 9.17) is 19.5 Å². The number of ether oxygens (including phenoxy) is 2. The molecule has 6 heterocycles. The number of aryl methyl sites for hydroxylation is 2. The molecular formula is C56H76N6O6. The van der Waals surface area contributed by atoms with E-state index in [1.807, 2.05) is 82.3 Å². The van der Waals surface area contributed by atoms with Crippen LogP contribution in [-0.4, -0.2) is 66.7 Å². The second-order valence-electron chi connectivity index (χ2n) is 17.7. The van der Waals surface area contributed by atoms with Gasteiger partial charge in [0, 0.05) is 22.8 Å². The lowest BCUT2D eigenvalue weighted by Crippen LogP contribution is -2.02. The largest absolute Gasteiger partial charge is 0.491 e. The summed E-state index contributed by atoms with van der Waals surface area (Å²) in [5, 5.41) is 19.8. The number of rotatable bonds is 30. The van der Waals surface area contributed by atoms with Crippen LogP contribution in [0.3, 0.4) is 0 Å². The molecule has 12 heteroatoms. The minimum Gasteiger partial charge on any atom is -0.491 e. The van der Waals surface area contributed by atoms with E-state index in [1.165, 1.54) is 89.9 Å². The monoisotopic (exact) mass is 929 g/mol. The molecule has 12 nitrogen and oxygen atoms in total. The fourth-order valence-electron chi connectivity index (χ4n) is 8.58. The van der Waals surface area contributed by atoms with Gasteiger partial charge < -0.3 is 39.6 Å². The molecule has 0 saturated carbocycles. The molecule has 0 atom stereocenters. The van der Waals surface area contributed by atoms with Gasteiger partial charge in [-0.05, 0) is 127 Å². The third-order valence-electron chi connectivity index (χ3n) is 12.1. The summed E-state index contributed by atoms with van der Waals surface area (Å²) in [6.45, 7) is 14.3. The SMILES string of the molecule is C=CCCCCCCCCCC1=NC(=Cc2[nH]c(-c3ccc(C)[nH]3)c(C(=O)O)c2OCC)C=C1.CCCCCCCCCCCC1=NC(=Cc2[nH]c(-c3ccc(C)[nH]3)c(C(=O)O)c2OCC)C=C1. The lowest BCUT2D eigenvalue weighted by molar-refractivity contribution is 0.0682. The Labute approximate surface area is 404 Å². The number of aromatic nitrogens is 4. The van der Waals surface area contributed by atoms with E-state index in [-0.39, 0.29) is 11.1 Å². The summed E-state index contributed by atoms with van der Waals surface area (Å²) >= 11 is 0. The first-order valence-electron chi connectivity index (χ1n) is 25.2. The van der Waals surface area contributed by atoms with E-state index in [0.29, 0.717) is 53.2 Å². The molecule has 4 aromatic heterocycles. The van der Waals surface area contributed by atoms with Crippen LogP contribution in [-0.2, 0) is 0 Å². The summed E-state index contributed by atoms with van der Waals surface area (Å²) in [5.74, 6) is -1.36. The molecule has 366 valence electrons. The van der Waals surface area contributed by atoms with Crippen LogP contribution in [0.4, 0.5) is 0 Å². The molecule has 0 amide bonds. The predicted octanol–water partition coefficient (Wildman–Crippen LogP) is 15.2. The molecule has 0 unspecified atom stereocenters. The Kier molecular flexibility index (Phi) is 21.8. The molecule has 6 N–H and O–H groups in total. The van der Waals surface area contributed by atoms with Crippen molar-refractivity contribution in [1.82, 2.24) is 19.9 Å². The van der Waals surface area contributed by atoms with Crippen LogP contribution in [0.25, 0.3) is 34.9 Å². The average molecular weight is 929 g/mol. The van der Waals surface area contributed by atoms with Gasteiger partial charge in [0.15, 0.2) is 11.5 Å². The van der Waals surface area contributed by atoms with Crippen molar-refractivity contribution < 1.29 is 29.3 Å². The summed E-state index contributed by atoms with van der Waals surface area (Å²) in [4.78, 5) is 46.6. The highest BCUT2D eigenvalue weighted by Crippen LogP contribution is 2.37. The third kappa shape index (κ3) is 15.9. The number of aromatic amines is 4. The van der Waals surface area contributed by atoms with Gasteiger partial charge in [0.25, 0.3) is 0 Å². The van der Waals surface area contributed by atoms with Crippen LogP contribution in [0.2, 0.25) is 0 Å². The van der Waals surface area contributed by atoms with Gasteiger partial charge in [-0.3, -0.25) is 9.98 Å². The average Bonchev–Trinajstić information content (AvgIpc) is 4.19. The molecule has 2 aliphatic rings. The number of unbranched alkanes of at least 4 members (excludes halogenated alkanes) is 15. The molecule has 4 aromatic rings. The molecule has 0 aromatic carbocycles. The van der Waals surface area contributed by atoms with Gasteiger partial charge in [-0.2, -0.15) is 0 Å². The minimum atomic E-state index is -1.03. The fourth-order valence-corrected chi connectivity index (χ4v) is 8.58. The van der Waals surface area contributed by atoms with E-state index < -0.39 is 11.9 Å². The molecule has 0 spiro atoms.